The van der Waals surface area contributed by atoms with E-state index in [9.17, 15) is 19.7 Å². The number of nitrogens with zero attached hydrogens (tertiary/aromatic N) is 2. The Balaban J connectivity index is 2.76. The summed E-state index contributed by atoms with van der Waals surface area (Å²) in [5.74, 6) is -1.98. The van der Waals surface area contributed by atoms with Gasteiger partial charge in [0.05, 0.1) is 34.7 Å². The highest BCUT2D eigenvalue weighted by molar-refractivity contribution is 6.00. The zero-order valence-electron chi connectivity index (χ0n) is 17.5. The number of nitro benzene ring substituents is 1. The Morgan fingerprint density at radius 2 is 1.76 bits per heavy atom. The number of benzene rings is 1. The first kappa shape index (κ1) is 22.1. The molecule has 1 aliphatic heterocycles. The van der Waals surface area contributed by atoms with Crippen molar-refractivity contribution in [2.75, 3.05) is 13.7 Å². The van der Waals surface area contributed by atoms with Crippen LogP contribution in [0.25, 0.3) is 0 Å². The summed E-state index contributed by atoms with van der Waals surface area (Å²) in [6, 6.07) is 5.93. The van der Waals surface area contributed by atoms with Gasteiger partial charge in [-0.3, -0.25) is 10.1 Å². The minimum absolute atomic E-state index is 0.128. The van der Waals surface area contributed by atoms with E-state index in [0.717, 1.165) is 0 Å². The lowest BCUT2D eigenvalue weighted by Crippen LogP contribution is -2.34. The maximum Gasteiger partial charge on any atom is 0.337 e. The Morgan fingerprint density at radius 3 is 2.28 bits per heavy atom. The number of carbonyl (C=O) groups is 2. The highest BCUT2D eigenvalue weighted by Gasteiger charge is 2.40. The second-order valence-corrected chi connectivity index (χ2v) is 7.02. The lowest BCUT2D eigenvalue weighted by Gasteiger charge is -2.35. The van der Waals surface area contributed by atoms with Crippen LogP contribution in [0.1, 0.15) is 46.1 Å². The summed E-state index contributed by atoms with van der Waals surface area (Å²) in [7, 11) is 1.75. The molecule has 1 unspecified atom stereocenters. The fraction of sp³-hybridized carbons (Fsp3) is 0.429. The van der Waals surface area contributed by atoms with Crippen molar-refractivity contribution in [2.45, 2.75) is 46.6 Å². The van der Waals surface area contributed by atoms with E-state index in [4.69, 9.17) is 9.47 Å². The van der Waals surface area contributed by atoms with Gasteiger partial charge in [-0.15, -0.1) is 0 Å². The summed E-state index contributed by atoms with van der Waals surface area (Å²) in [5.41, 5.74) is 2.06. The third-order valence-corrected chi connectivity index (χ3v) is 4.84. The molecule has 1 atom stereocenters. The van der Waals surface area contributed by atoms with Crippen molar-refractivity contribution >= 4 is 17.6 Å². The fourth-order valence-electron chi connectivity index (χ4n) is 3.34. The number of allylic oxidation sites excluding steroid dienone is 2. The minimum atomic E-state index is -0.837. The van der Waals surface area contributed by atoms with E-state index in [1.807, 2.05) is 0 Å². The Labute approximate surface area is 169 Å². The first-order chi connectivity index (χ1) is 13.6. The molecular weight excluding hydrogens is 376 g/mol. The first-order valence-corrected chi connectivity index (χ1v) is 9.37. The second kappa shape index (κ2) is 8.89. The Bertz CT molecular complexity index is 900. The van der Waals surface area contributed by atoms with Gasteiger partial charge in [-0.2, -0.15) is 0 Å². The van der Waals surface area contributed by atoms with E-state index in [1.54, 1.807) is 52.6 Å². The molecule has 0 saturated heterocycles. The smallest absolute Gasteiger partial charge is 0.337 e. The summed E-state index contributed by atoms with van der Waals surface area (Å²) in [5, 5.41) is 11.3. The monoisotopic (exact) mass is 402 g/mol. The SMILES string of the molecule is CCOC(=O)C1=C(C)N(C)C(C)=C(C(=O)OC(C)C)C1c1cccc([N+](=O)[O-])c1. The number of rotatable bonds is 6. The number of hydrogen-bond donors (Lipinski definition) is 0. The van der Waals surface area contributed by atoms with E-state index < -0.39 is 22.8 Å². The molecule has 1 heterocycles. The summed E-state index contributed by atoms with van der Waals surface area (Å²) in [4.78, 5) is 38.3. The van der Waals surface area contributed by atoms with Crippen LogP contribution in [0.2, 0.25) is 0 Å². The zero-order valence-corrected chi connectivity index (χ0v) is 17.5. The van der Waals surface area contributed by atoms with Crippen molar-refractivity contribution in [3.8, 4) is 0 Å². The zero-order chi connectivity index (χ0) is 21.9. The normalized spacial score (nSPS) is 16.9. The Morgan fingerprint density at radius 1 is 1.17 bits per heavy atom. The van der Waals surface area contributed by atoms with Gasteiger partial charge in [-0.25, -0.2) is 9.59 Å². The van der Waals surface area contributed by atoms with Crippen LogP contribution in [0.3, 0.4) is 0 Å². The van der Waals surface area contributed by atoms with E-state index in [-0.39, 0.29) is 29.5 Å². The molecule has 2 rings (SSSR count). The van der Waals surface area contributed by atoms with E-state index in [2.05, 4.69) is 0 Å². The van der Waals surface area contributed by atoms with Crippen LogP contribution < -0.4 is 0 Å². The van der Waals surface area contributed by atoms with Crippen molar-refractivity contribution in [1.82, 2.24) is 4.90 Å². The van der Waals surface area contributed by atoms with Gasteiger partial charge in [0.1, 0.15) is 0 Å². The molecule has 0 N–H and O–H groups in total. The van der Waals surface area contributed by atoms with Gasteiger partial charge in [0.25, 0.3) is 5.69 Å². The summed E-state index contributed by atoms with van der Waals surface area (Å²) in [6.45, 7) is 8.83. The minimum Gasteiger partial charge on any atom is -0.463 e. The van der Waals surface area contributed by atoms with Crippen LogP contribution in [0.4, 0.5) is 5.69 Å². The maximum atomic E-state index is 13.0. The van der Waals surface area contributed by atoms with Crippen LogP contribution in [0, 0.1) is 10.1 Å². The molecular formula is C21H26N2O6. The van der Waals surface area contributed by atoms with Crippen molar-refractivity contribution < 1.29 is 24.0 Å². The molecule has 0 radical (unpaired) electrons. The largest absolute Gasteiger partial charge is 0.463 e. The Kier molecular flexibility index (Phi) is 6.79. The number of carbonyl (C=O) groups excluding carboxylic acids is 2. The van der Waals surface area contributed by atoms with E-state index in [1.165, 1.54) is 18.2 Å². The topological polar surface area (TPSA) is 99.0 Å². The maximum absolute atomic E-state index is 13.0. The van der Waals surface area contributed by atoms with Gasteiger partial charge in [0.15, 0.2) is 0 Å². The van der Waals surface area contributed by atoms with Crippen LogP contribution >= 0.6 is 0 Å². The summed E-state index contributed by atoms with van der Waals surface area (Å²) < 4.78 is 10.7. The predicted octanol–water partition coefficient (Wildman–Crippen LogP) is 3.69. The van der Waals surface area contributed by atoms with Crippen LogP contribution in [0.15, 0.2) is 46.8 Å². The third kappa shape index (κ3) is 4.47. The van der Waals surface area contributed by atoms with Gasteiger partial charge in [0, 0.05) is 30.6 Å². The molecule has 0 fully saturated rings. The molecule has 0 saturated carbocycles. The molecule has 1 aromatic carbocycles. The molecule has 0 amide bonds. The third-order valence-electron chi connectivity index (χ3n) is 4.84. The van der Waals surface area contributed by atoms with Crippen LogP contribution in [0.5, 0.6) is 0 Å². The summed E-state index contributed by atoms with van der Waals surface area (Å²) in [6.07, 6.45) is -0.364. The van der Waals surface area contributed by atoms with Gasteiger partial charge < -0.3 is 14.4 Å². The quantitative estimate of drug-likeness (QED) is 0.406. The predicted molar refractivity (Wildman–Crippen MR) is 107 cm³/mol. The lowest BCUT2D eigenvalue weighted by atomic mass is 9.79. The van der Waals surface area contributed by atoms with Gasteiger partial charge in [-0.1, -0.05) is 12.1 Å². The highest BCUT2D eigenvalue weighted by Crippen LogP contribution is 2.43. The van der Waals surface area contributed by atoms with E-state index >= 15 is 0 Å². The molecule has 0 bridgehead atoms. The average Bonchev–Trinajstić information content (AvgIpc) is 2.65. The molecule has 8 nitrogen and oxygen atoms in total. The fourth-order valence-corrected chi connectivity index (χ4v) is 3.34. The van der Waals surface area contributed by atoms with E-state index in [0.29, 0.717) is 17.0 Å². The number of hydrogen-bond acceptors (Lipinski definition) is 7. The van der Waals surface area contributed by atoms with Gasteiger partial charge in [-0.05, 0) is 40.2 Å². The lowest BCUT2D eigenvalue weighted by molar-refractivity contribution is -0.384. The second-order valence-electron chi connectivity index (χ2n) is 7.02. The molecule has 0 spiro atoms. The standard InChI is InChI=1S/C21H26N2O6/c1-7-28-20(24)17-13(4)22(6)14(5)18(21(25)29-12(2)3)19(17)15-9-8-10-16(11-15)23(26)27/h8-12,19H,7H2,1-6H3. The molecule has 0 aromatic heterocycles. The molecule has 8 heteroatoms. The van der Waals surface area contributed by atoms with Crippen molar-refractivity contribution in [2.24, 2.45) is 0 Å². The molecule has 1 aromatic rings. The van der Waals surface area contributed by atoms with Crippen LogP contribution in [-0.2, 0) is 19.1 Å². The number of nitro groups is 1. The number of ether oxygens (including phenoxy) is 2. The first-order valence-electron chi connectivity index (χ1n) is 9.37. The van der Waals surface area contributed by atoms with Gasteiger partial charge in [0.2, 0.25) is 0 Å². The molecule has 29 heavy (non-hydrogen) atoms. The molecule has 156 valence electrons. The molecule has 0 aliphatic carbocycles. The Hall–Kier alpha value is -3.16. The van der Waals surface area contributed by atoms with Crippen molar-refractivity contribution in [1.29, 1.82) is 0 Å². The molecule has 1 aliphatic rings. The highest BCUT2D eigenvalue weighted by atomic mass is 16.6. The van der Waals surface area contributed by atoms with Crippen molar-refractivity contribution in [3.05, 3.63) is 62.5 Å². The van der Waals surface area contributed by atoms with Gasteiger partial charge >= 0.3 is 11.9 Å². The number of non-ortho nitro benzene ring substituents is 1. The average molecular weight is 402 g/mol. The number of esters is 2. The van der Waals surface area contributed by atoms with Crippen molar-refractivity contribution in [3.63, 3.8) is 0 Å². The van der Waals surface area contributed by atoms with Crippen LogP contribution in [-0.4, -0.2) is 41.5 Å². The summed E-state index contributed by atoms with van der Waals surface area (Å²) >= 11 is 0.